The summed E-state index contributed by atoms with van der Waals surface area (Å²) in [5.74, 6) is -1.43. The first-order valence-corrected chi connectivity index (χ1v) is 12.6. The van der Waals surface area contributed by atoms with Gasteiger partial charge in [-0.2, -0.15) is 0 Å². The average Bonchev–Trinajstić information content (AvgIpc) is 2.94. The van der Waals surface area contributed by atoms with Crippen LogP contribution in [0.5, 0.6) is 0 Å². The first-order chi connectivity index (χ1) is 15.4. The number of esters is 2. The quantitative estimate of drug-likeness (QED) is 0.573. The van der Waals surface area contributed by atoms with E-state index in [2.05, 4.69) is 6.92 Å². The molecule has 0 heterocycles. The molecule has 33 heavy (non-hydrogen) atoms. The second-order valence-electron chi connectivity index (χ2n) is 12.1. The van der Waals surface area contributed by atoms with Crippen LogP contribution in [0.1, 0.15) is 85.5 Å². The Bertz CT molecular complexity index is 823. The second-order valence-corrected chi connectivity index (χ2v) is 12.1. The topological polar surface area (TPSA) is 110 Å². The zero-order valence-electron chi connectivity index (χ0n) is 20.5. The zero-order chi connectivity index (χ0) is 24.2. The third-order valence-corrected chi connectivity index (χ3v) is 10.0. The molecule has 1 spiro atoms. The van der Waals surface area contributed by atoms with Gasteiger partial charge in [0, 0.05) is 6.92 Å². The first-order valence-electron chi connectivity index (χ1n) is 12.6. The molecule has 0 aromatic carbocycles. The summed E-state index contributed by atoms with van der Waals surface area (Å²) in [4.78, 5) is 36.3. The Hall–Kier alpha value is -1.63. The number of aliphatic hydroxyl groups is 1. The minimum absolute atomic E-state index is 0.0455. The number of aliphatic carboxylic acids is 1. The first kappa shape index (κ1) is 24.5. The summed E-state index contributed by atoms with van der Waals surface area (Å²) in [6.07, 6.45) is 7.28. The summed E-state index contributed by atoms with van der Waals surface area (Å²) in [5.41, 5.74) is -2.27. The largest absolute Gasteiger partial charge is 0.481 e. The number of fused-ring (bicyclic) bond motifs is 3. The van der Waals surface area contributed by atoms with Gasteiger partial charge in [0.2, 0.25) is 0 Å². The molecule has 4 aliphatic rings. The van der Waals surface area contributed by atoms with E-state index in [-0.39, 0.29) is 47.8 Å². The van der Waals surface area contributed by atoms with Crippen LogP contribution in [0.4, 0.5) is 0 Å². The van der Waals surface area contributed by atoms with E-state index in [0.29, 0.717) is 18.8 Å². The molecule has 2 N–H and O–H groups in total. The van der Waals surface area contributed by atoms with E-state index in [1.807, 2.05) is 0 Å². The molecule has 2 bridgehead atoms. The van der Waals surface area contributed by atoms with Crippen molar-refractivity contribution in [2.24, 2.45) is 39.9 Å². The van der Waals surface area contributed by atoms with Crippen molar-refractivity contribution in [3.8, 4) is 0 Å². The number of carbonyl (C=O) groups is 3. The van der Waals surface area contributed by atoms with Crippen molar-refractivity contribution >= 4 is 17.9 Å². The lowest BCUT2D eigenvalue weighted by Crippen LogP contribution is -2.60. The summed E-state index contributed by atoms with van der Waals surface area (Å²) >= 11 is 0. The molecule has 4 aliphatic carbocycles. The lowest BCUT2D eigenvalue weighted by molar-refractivity contribution is -0.196. The van der Waals surface area contributed by atoms with Gasteiger partial charge in [-0.25, -0.2) is 0 Å². The molecule has 4 saturated carbocycles. The van der Waals surface area contributed by atoms with Crippen molar-refractivity contribution in [1.82, 2.24) is 0 Å². The summed E-state index contributed by atoms with van der Waals surface area (Å²) in [6, 6.07) is 0. The van der Waals surface area contributed by atoms with Gasteiger partial charge >= 0.3 is 17.9 Å². The van der Waals surface area contributed by atoms with Gasteiger partial charge in [0.15, 0.2) is 0 Å². The highest BCUT2D eigenvalue weighted by Crippen LogP contribution is 2.73. The number of carbonyl (C=O) groups excluding carboxylic acids is 2. The van der Waals surface area contributed by atoms with E-state index in [1.54, 1.807) is 13.8 Å². The summed E-state index contributed by atoms with van der Waals surface area (Å²) in [7, 11) is 0. The maximum Gasteiger partial charge on any atom is 0.313 e. The van der Waals surface area contributed by atoms with Gasteiger partial charge in [0.25, 0.3) is 0 Å². The normalized spacial score (nSPS) is 44.0. The molecule has 4 fully saturated rings. The molecular formula is C26H40O7. The summed E-state index contributed by atoms with van der Waals surface area (Å²) in [6.45, 7) is 7.17. The number of carboxylic acid groups (broad SMARTS) is 1. The number of rotatable bonds is 6. The Morgan fingerprint density at radius 2 is 1.73 bits per heavy atom. The van der Waals surface area contributed by atoms with E-state index >= 15 is 0 Å². The van der Waals surface area contributed by atoms with E-state index in [0.717, 1.165) is 44.9 Å². The minimum Gasteiger partial charge on any atom is -0.481 e. The maximum atomic E-state index is 12.6. The Morgan fingerprint density at radius 3 is 2.36 bits per heavy atom. The van der Waals surface area contributed by atoms with Crippen molar-refractivity contribution in [3.63, 3.8) is 0 Å². The maximum absolute atomic E-state index is 12.6. The highest BCUT2D eigenvalue weighted by atomic mass is 16.5. The molecule has 0 aromatic heterocycles. The molecule has 7 atom stereocenters. The van der Waals surface area contributed by atoms with Crippen LogP contribution in [0.25, 0.3) is 0 Å². The number of hydrogen-bond donors (Lipinski definition) is 2. The predicted octanol–water partition coefficient (Wildman–Crippen LogP) is 3.96. The van der Waals surface area contributed by atoms with Gasteiger partial charge in [-0.15, -0.1) is 0 Å². The smallest absolute Gasteiger partial charge is 0.313 e. The SMILES string of the molecule is CC(=O)OC[C@]1(C(=O)O)CCC[C@]2(C)[C@H]3CC[C@H]4C[C@]3(CC[C@@H]12)C[C@@]4(O)COC(=O)C(C)C. The molecule has 7 nitrogen and oxygen atoms in total. The Labute approximate surface area is 196 Å². The monoisotopic (exact) mass is 464 g/mol. The van der Waals surface area contributed by atoms with E-state index in [4.69, 9.17) is 9.47 Å². The molecule has 0 unspecified atom stereocenters. The average molecular weight is 465 g/mol. The summed E-state index contributed by atoms with van der Waals surface area (Å²) in [5, 5.41) is 22.0. The van der Waals surface area contributed by atoms with Crippen molar-refractivity contribution < 1.29 is 34.1 Å². The zero-order valence-corrected chi connectivity index (χ0v) is 20.5. The van der Waals surface area contributed by atoms with Crippen molar-refractivity contribution in [3.05, 3.63) is 0 Å². The Balaban J connectivity index is 1.61. The molecular weight excluding hydrogens is 424 g/mol. The van der Waals surface area contributed by atoms with Gasteiger partial charge in [0.05, 0.1) is 5.92 Å². The fraction of sp³-hybridized carbons (Fsp3) is 0.885. The minimum atomic E-state index is -1.04. The van der Waals surface area contributed by atoms with Gasteiger partial charge in [0.1, 0.15) is 24.2 Å². The van der Waals surface area contributed by atoms with Crippen molar-refractivity contribution in [2.75, 3.05) is 13.2 Å². The van der Waals surface area contributed by atoms with Crippen molar-refractivity contribution in [2.45, 2.75) is 91.1 Å². The lowest BCUT2D eigenvalue weighted by Gasteiger charge is -2.63. The van der Waals surface area contributed by atoms with Crippen LogP contribution in [-0.4, -0.2) is 46.9 Å². The molecule has 0 radical (unpaired) electrons. The van der Waals surface area contributed by atoms with E-state index < -0.39 is 23.0 Å². The standard InChI is InChI=1S/C26H40O7/c1-16(2)21(28)33-15-26(31)13-24-11-8-20-23(4,19(24)7-6-18(26)12-24)9-5-10-25(20,22(29)30)14-32-17(3)27/h16,18-20,31H,5-15H2,1-4H3,(H,29,30)/t18-,19+,20+,23+,24+,25+,26+/m0/s1. The second kappa shape index (κ2) is 8.24. The van der Waals surface area contributed by atoms with Crippen LogP contribution in [-0.2, 0) is 23.9 Å². The number of ether oxygens (including phenoxy) is 2. The fourth-order valence-electron chi connectivity index (χ4n) is 8.68. The highest BCUT2D eigenvalue weighted by molar-refractivity contribution is 5.76. The van der Waals surface area contributed by atoms with Gasteiger partial charge in [-0.1, -0.05) is 27.2 Å². The highest BCUT2D eigenvalue weighted by Gasteiger charge is 2.69. The fourth-order valence-corrected chi connectivity index (χ4v) is 8.68. The molecule has 0 aromatic rings. The third kappa shape index (κ3) is 3.78. The van der Waals surface area contributed by atoms with E-state index in [1.165, 1.54) is 6.92 Å². The number of carboxylic acids is 1. The summed E-state index contributed by atoms with van der Waals surface area (Å²) < 4.78 is 10.8. The van der Waals surface area contributed by atoms with Crippen LogP contribution >= 0.6 is 0 Å². The molecule has 4 rings (SSSR count). The molecule has 7 heteroatoms. The van der Waals surface area contributed by atoms with Gasteiger partial charge in [-0.3, -0.25) is 14.4 Å². The molecule has 186 valence electrons. The van der Waals surface area contributed by atoms with Gasteiger partial charge in [-0.05, 0) is 80.0 Å². The Morgan fingerprint density at radius 1 is 1.00 bits per heavy atom. The van der Waals surface area contributed by atoms with Crippen LogP contribution in [0.15, 0.2) is 0 Å². The van der Waals surface area contributed by atoms with E-state index in [9.17, 15) is 24.6 Å². The van der Waals surface area contributed by atoms with Crippen LogP contribution < -0.4 is 0 Å². The van der Waals surface area contributed by atoms with Crippen LogP contribution in [0.2, 0.25) is 0 Å². The van der Waals surface area contributed by atoms with Crippen LogP contribution in [0.3, 0.4) is 0 Å². The van der Waals surface area contributed by atoms with Gasteiger partial charge < -0.3 is 19.7 Å². The molecule has 0 saturated heterocycles. The predicted molar refractivity (Wildman–Crippen MR) is 120 cm³/mol. The molecule has 0 aliphatic heterocycles. The lowest BCUT2D eigenvalue weighted by atomic mass is 9.40. The Kier molecular flexibility index (Phi) is 6.12. The molecule has 0 amide bonds. The van der Waals surface area contributed by atoms with Crippen LogP contribution in [0, 0.1) is 39.9 Å². The van der Waals surface area contributed by atoms with Crippen molar-refractivity contribution in [1.29, 1.82) is 0 Å². The number of hydrogen-bond acceptors (Lipinski definition) is 6. The third-order valence-electron chi connectivity index (χ3n) is 10.0.